The minimum Gasteiger partial charge on any atom is -0.494 e. The monoisotopic (exact) mass is 252 g/mol. The normalized spacial score (nSPS) is 12.1. The Morgan fingerprint density at radius 3 is 2.83 bits per heavy atom. The Morgan fingerprint density at radius 1 is 1.39 bits per heavy atom. The Bertz CT molecular complexity index is 376. The molecule has 2 N–H and O–H groups in total. The number of aliphatic hydroxyl groups is 1. The summed E-state index contributed by atoms with van der Waals surface area (Å²) < 4.78 is 5.57. The van der Waals surface area contributed by atoms with Crippen LogP contribution in [0.5, 0.6) is 5.75 Å². The van der Waals surface area contributed by atoms with Gasteiger partial charge in [-0.1, -0.05) is 19.1 Å². The SMILES string of the molecule is CC(CCO)CCOc1cccc(CC(=O)O)c1. The average molecular weight is 252 g/mol. The molecule has 0 saturated carbocycles. The van der Waals surface area contributed by atoms with Crippen molar-refractivity contribution in [1.82, 2.24) is 0 Å². The van der Waals surface area contributed by atoms with Crippen LogP contribution in [0, 0.1) is 5.92 Å². The molecule has 0 radical (unpaired) electrons. The van der Waals surface area contributed by atoms with Gasteiger partial charge in [-0.05, 0) is 36.5 Å². The molecule has 0 amide bonds. The number of benzene rings is 1. The number of ether oxygens (including phenoxy) is 1. The summed E-state index contributed by atoms with van der Waals surface area (Å²) in [6.45, 7) is 2.85. The molecule has 18 heavy (non-hydrogen) atoms. The molecule has 1 aromatic rings. The molecule has 0 aliphatic heterocycles. The molecular weight excluding hydrogens is 232 g/mol. The van der Waals surface area contributed by atoms with Crippen LogP contribution in [0.1, 0.15) is 25.3 Å². The van der Waals surface area contributed by atoms with Crippen molar-refractivity contribution in [3.8, 4) is 5.75 Å². The zero-order valence-electron chi connectivity index (χ0n) is 10.6. The third-order valence-corrected chi connectivity index (χ3v) is 2.76. The first-order valence-corrected chi connectivity index (χ1v) is 6.16. The molecule has 0 aliphatic carbocycles. The predicted octanol–water partition coefficient (Wildman–Crippen LogP) is 2.10. The van der Waals surface area contributed by atoms with Crippen molar-refractivity contribution in [2.75, 3.05) is 13.2 Å². The number of carbonyl (C=O) groups is 1. The fraction of sp³-hybridized carbons (Fsp3) is 0.500. The molecule has 1 aromatic carbocycles. The molecular formula is C14H20O4. The van der Waals surface area contributed by atoms with E-state index in [4.69, 9.17) is 14.9 Å². The first kappa shape index (κ1) is 14.5. The number of carboxylic acids is 1. The van der Waals surface area contributed by atoms with Crippen LogP contribution in [0.15, 0.2) is 24.3 Å². The highest BCUT2D eigenvalue weighted by atomic mass is 16.5. The van der Waals surface area contributed by atoms with Gasteiger partial charge in [0, 0.05) is 6.61 Å². The molecule has 0 fully saturated rings. The Hall–Kier alpha value is -1.55. The van der Waals surface area contributed by atoms with Gasteiger partial charge in [-0.15, -0.1) is 0 Å². The Labute approximate surface area is 107 Å². The molecule has 1 atom stereocenters. The minimum atomic E-state index is -0.844. The molecule has 0 heterocycles. The van der Waals surface area contributed by atoms with Gasteiger partial charge in [-0.25, -0.2) is 0 Å². The standard InChI is InChI=1S/C14H20O4/c1-11(5-7-15)6-8-18-13-4-2-3-12(9-13)10-14(16)17/h2-4,9,11,15H,5-8,10H2,1H3,(H,16,17). The van der Waals surface area contributed by atoms with Gasteiger partial charge >= 0.3 is 5.97 Å². The summed E-state index contributed by atoms with van der Waals surface area (Å²) in [5.74, 6) is 0.283. The second-order valence-corrected chi connectivity index (χ2v) is 4.47. The molecule has 4 heteroatoms. The predicted molar refractivity (Wildman–Crippen MR) is 68.8 cm³/mol. The highest BCUT2D eigenvalue weighted by Crippen LogP contribution is 2.15. The minimum absolute atomic E-state index is 0.0120. The van der Waals surface area contributed by atoms with Gasteiger partial charge in [0.15, 0.2) is 0 Å². The van der Waals surface area contributed by atoms with E-state index < -0.39 is 5.97 Å². The molecule has 4 nitrogen and oxygen atoms in total. The van der Waals surface area contributed by atoms with Crippen molar-refractivity contribution in [1.29, 1.82) is 0 Å². The topological polar surface area (TPSA) is 66.8 Å². The number of hydrogen-bond acceptors (Lipinski definition) is 3. The van der Waals surface area contributed by atoms with Crippen LogP contribution in [0.4, 0.5) is 0 Å². The molecule has 0 aromatic heterocycles. The highest BCUT2D eigenvalue weighted by molar-refractivity contribution is 5.70. The van der Waals surface area contributed by atoms with Crippen LogP contribution in [0.2, 0.25) is 0 Å². The van der Waals surface area contributed by atoms with Crippen molar-refractivity contribution < 1.29 is 19.7 Å². The summed E-state index contributed by atoms with van der Waals surface area (Å²) in [6, 6.07) is 7.15. The van der Waals surface area contributed by atoms with E-state index in [9.17, 15) is 4.79 Å². The zero-order valence-corrected chi connectivity index (χ0v) is 10.6. The van der Waals surface area contributed by atoms with E-state index in [1.54, 1.807) is 18.2 Å². The molecule has 0 bridgehead atoms. The average Bonchev–Trinajstić information content (AvgIpc) is 2.29. The summed E-state index contributed by atoms with van der Waals surface area (Å²) >= 11 is 0. The van der Waals surface area contributed by atoms with Crippen LogP contribution in [-0.2, 0) is 11.2 Å². The van der Waals surface area contributed by atoms with Crippen LogP contribution in [0.25, 0.3) is 0 Å². The van der Waals surface area contributed by atoms with Crippen LogP contribution < -0.4 is 4.74 Å². The first-order chi connectivity index (χ1) is 8.61. The van der Waals surface area contributed by atoms with Crippen molar-refractivity contribution in [3.05, 3.63) is 29.8 Å². The van der Waals surface area contributed by atoms with E-state index in [2.05, 4.69) is 6.92 Å². The maximum atomic E-state index is 10.6. The molecule has 1 rings (SSSR count). The molecule has 100 valence electrons. The maximum Gasteiger partial charge on any atom is 0.307 e. The third-order valence-electron chi connectivity index (χ3n) is 2.76. The molecule has 0 aliphatic rings. The summed E-state index contributed by atoms with van der Waals surface area (Å²) in [5.41, 5.74) is 0.739. The van der Waals surface area contributed by atoms with E-state index in [0.717, 1.165) is 18.4 Å². The van der Waals surface area contributed by atoms with Gasteiger partial charge in [-0.2, -0.15) is 0 Å². The van der Waals surface area contributed by atoms with E-state index in [-0.39, 0.29) is 13.0 Å². The number of aliphatic carboxylic acids is 1. The highest BCUT2D eigenvalue weighted by Gasteiger charge is 2.04. The number of aliphatic hydroxyl groups excluding tert-OH is 1. The summed E-state index contributed by atoms with van der Waals surface area (Å²) in [7, 11) is 0. The largest absolute Gasteiger partial charge is 0.494 e. The fourth-order valence-corrected chi connectivity index (χ4v) is 1.66. The van der Waals surface area contributed by atoms with Gasteiger partial charge in [-0.3, -0.25) is 4.79 Å². The lowest BCUT2D eigenvalue weighted by atomic mass is 10.1. The van der Waals surface area contributed by atoms with Crippen molar-refractivity contribution in [3.63, 3.8) is 0 Å². The third kappa shape index (κ3) is 5.68. The lowest BCUT2D eigenvalue weighted by Crippen LogP contribution is -2.06. The Balaban J connectivity index is 2.40. The van der Waals surface area contributed by atoms with Crippen LogP contribution in [-0.4, -0.2) is 29.4 Å². The van der Waals surface area contributed by atoms with Gasteiger partial charge in [0.1, 0.15) is 5.75 Å². The Kier molecular flexibility index (Phi) is 6.22. The molecule has 0 spiro atoms. The van der Waals surface area contributed by atoms with E-state index in [0.29, 0.717) is 18.3 Å². The maximum absolute atomic E-state index is 10.6. The summed E-state index contributed by atoms with van der Waals surface area (Å²) in [6.07, 6.45) is 1.67. The number of hydrogen-bond donors (Lipinski definition) is 2. The lowest BCUT2D eigenvalue weighted by molar-refractivity contribution is -0.136. The summed E-state index contributed by atoms with van der Waals surface area (Å²) in [4.78, 5) is 10.6. The van der Waals surface area contributed by atoms with E-state index >= 15 is 0 Å². The van der Waals surface area contributed by atoms with Gasteiger partial charge in [0.25, 0.3) is 0 Å². The molecule has 1 unspecified atom stereocenters. The summed E-state index contributed by atoms with van der Waals surface area (Å²) in [5, 5.41) is 17.5. The second kappa shape index (κ2) is 7.71. The van der Waals surface area contributed by atoms with Gasteiger partial charge < -0.3 is 14.9 Å². The van der Waals surface area contributed by atoms with Crippen molar-refractivity contribution in [2.45, 2.75) is 26.2 Å². The Morgan fingerprint density at radius 2 is 2.17 bits per heavy atom. The molecule has 0 saturated heterocycles. The van der Waals surface area contributed by atoms with Crippen molar-refractivity contribution in [2.24, 2.45) is 5.92 Å². The van der Waals surface area contributed by atoms with Crippen LogP contribution in [0.3, 0.4) is 0 Å². The van der Waals surface area contributed by atoms with E-state index in [1.165, 1.54) is 0 Å². The number of carboxylic acid groups (broad SMARTS) is 1. The zero-order chi connectivity index (χ0) is 13.4. The quantitative estimate of drug-likeness (QED) is 0.743. The van der Waals surface area contributed by atoms with Gasteiger partial charge in [0.2, 0.25) is 0 Å². The van der Waals surface area contributed by atoms with E-state index in [1.807, 2.05) is 6.07 Å². The smallest absolute Gasteiger partial charge is 0.307 e. The first-order valence-electron chi connectivity index (χ1n) is 6.16. The lowest BCUT2D eigenvalue weighted by Gasteiger charge is -2.11. The fourth-order valence-electron chi connectivity index (χ4n) is 1.66. The van der Waals surface area contributed by atoms with Crippen LogP contribution >= 0.6 is 0 Å². The van der Waals surface area contributed by atoms with Crippen molar-refractivity contribution >= 4 is 5.97 Å². The second-order valence-electron chi connectivity index (χ2n) is 4.47. The number of rotatable bonds is 8. The van der Waals surface area contributed by atoms with Gasteiger partial charge in [0.05, 0.1) is 13.0 Å².